The average molecular weight is 192 g/mol. The summed E-state index contributed by atoms with van der Waals surface area (Å²) in [5.41, 5.74) is 6.16. The Hall–Kier alpha value is -1.22. The van der Waals surface area contributed by atoms with Gasteiger partial charge in [0.1, 0.15) is 0 Å². The van der Waals surface area contributed by atoms with Crippen molar-refractivity contribution in [1.29, 1.82) is 0 Å². The second-order valence-corrected chi connectivity index (χ2v) is 3.54. The number of nitrogens with two attached hydrogens (primary N) is 1. The third kappa shape index (κ3) is 3.26. The molecule has 1 rings (SSSR count). The molecule has 1 aromatic rings. The molecule has 0 aliphatic heterocycles. The molecule has 0 fully saturated rings. The molecule has 0 aliphatic rings. The lowest BCUT2D eigenvalue weighted by Crippen LogP contribution is -2.12. The van der Waals surface area contributed by atoms with Crippen molar-refractivity contribution in [2.45, 2.75) is 19.8 Å². The molecule has 0 bridgehead atoms. The Morgan fingerprint density at radius 1 is 1.64 bits per heavy atom. The predicted octanol–water partition coefficient (Wildman–Crippen LogP) is 1.64. The van der Waals surface area contributed by atoms with Gasteiger partial charge in [-0.25, -0.2) is 0 Å². The van der Waals surface area contributed by atoms with E-state index in [-0.39, 0.29) is 5.78 Å². The predicted molar refractivity (Wildman–Crippen MR) is 56.0 cm³/mol. The summed E-state index contributed by atoms with van der Waals surface area (Å²) in [7, 11) is 0. The first-order valence-electron chi connectivity index (χ1n) is 4.87. The summed E-state index contributed by atoms with van der Waals surface area (Å²) in [6.07, 6.45) is 4.68. The number of carbonyl (C=O) groups is 1. The van der Waals surface area contributed by atoms with Crippen molar-refractivity contribution in [2.24, 2.45) is 11.7 Å². The minimum Gasteiger partial charge on any atom is -0.330 e. The van der Waals surface area contributed by atoms with E-state index in [0.717, 1.165) is 6.42 Å². The van der Waals surface area contributed by atoms with Gasteiger partial charge < -0.3 is 5.73 Å². The second-order valence-electron chi connectivity index (χ2n) is 3.54. The topological polar surface area (TPSA) is 56.0 Å². The summed E-state index contributed by atoms with van der Waals surface area (Å²) in [4.78, 5) is 15.5. The van der Waals surface area contributed by atoms with Crippen molar-refractivity contribution in [3.05, 3.63) is 30.1 Å². The Morgan fingerprint density at radius 2 is 2.43 bits per heavy atom. The second kappa shape index (κ2) is 5.50. The third-order valence-corrected chi connectivity index (χ3v) is 2.25. The molecule has 1 unspecified atom stereocenters. The molecular weight excluding hydrogens is 176 g/mol. The lowest BCUT2D eigenvalue weighted by molar-refractivity contribution is 0.0974. The van der Waals surface area contributed by atoms with Crippen molar-refractivity contribution >= 4 is 5.78 Å². The molecule has 1 heterocycles. The van der Waals surface area contributed by atoms with Crippen molar-refractivity contribution in [1.82, 2.24) is 4.98 Å². The molecule has 3 heteroatoms. The number of nitrogens with zero attached hydrogens (tertiary/aromatic N) is 1. The summed E-state index contributed by atoms with van der Waals surface area (Å²) in [5.74, 6) is 0.564. The van der Waals surface area contributed by atoms with Gasteiger partial charge in [0, 0.05) is 24.4 Å². The molecule has 0 saturated carbocycles. The first-order chi connectivity index (χ1) is 6.74. The van der Waals surface area contributed by atoms with E-state index in [1.54, 1.807) is 24.5 Å². The van der Waals surface area contributed by atoms with E-state index in [1.807, 2.05) is 0 Å². The number of hydrogen-bond donors (Lipinski definition) is 1. The zero-order valence-electron chi connectivity index (χ0n) is 8.44. The number of carbonyl (C=O) groups excluding carboxylic acids is 1. The normalized spacial score (nSPS) is 12.4. The van der Waals surface area contributed by atoms with Gasteiger partial charge in [-0.1, -0.05) is 6.92 Å². The van der Waals surface area contributed by atoms with Crippen molar-refractivity contribution < 1.29 is 4.79 Å². The summed E-state index contributed by atoms with van der Waals surface area (Å²) < 4.78 is 0. The number of rotatable bonds is 5. The van der Waals surface area contributed by atoms with E-state index in [1.165, 1.54) is 0 Å². The molecule has 1 atom stereocenters. The maximum atomic E-state index is 11.6. The summed E-state index contributed by atoms with van der Waals surface area (Å²) in [5, 5.41) is 0. The minimum atomic E-state index is 0.151. The Balaban J connectivity index is 2.44. The molecule has 2 N–H and O–H groups in total. The minimum absolute atomic E-state index is 0.151. The highest BCUT2D eigenvalue weighted by Crippen LogP contribution is 2.08. The molecular formula is C11H16N2O. The van der Waals surface area contributed by atoms with Gasteiger partial charge in [0.05, 0.1) is 0 Å². The van der Waals surface area contributed by atoms with E-state index in [2.05, 4.69) is 11.9 Å². The molecule has 3 nitrogen and oxygen atoms in total. The van der Waals surface area contributed by atoms with Crippen molar-refractivity contribution in [3.63, 3.8) is 0 Å². The van der Waals surface area contributed by atoms with Crippen LogP contribution in [0.1, 0.15) is 30.1 Å². The maximum Gasteiger partial charge on any atom is 0.164 e. The fourth-order valence-corrected chi connectivity index (χ4v) is 1.17. The Labute approximate surface area is 84.3 Å². The van der Waals surface area contributed by atoms with E-state index in [9.17, 15) is 4.79 Å². The van der Waals surface area contributed by atoms with Gasteiger partial charge >= 0.3 is 0 Å². The largest absolute Gasteiger partial charge is 0.330 e. The maximum absolute atomic E-state index is 11.6. The highest BCUT2D eigenvalue weighted by Gasteiger charge is 2.07. The molecule has 76 valence electrons. The van der Waals surface area contributed by atoms with Gasteiger partial charge in [-0.2, -0.15) is 0 Å². The average Bonchev–Trinajstić information content (AvgIpc) is 2.26. The summed E-state index contributed by atoms with van der Waals surface area (Å²) in [6, 6.07) is 3.57. The standard InChI is InChI=1S/C11H16N2O/c1-9(7-12)4-5-11(14)10-3-2-6-13-8-10/h2-3,6,8-9H,4-5,7,12H2,1H3. The number of hydrogen-bond acceptors (Lipinski definition) is 3. The number of ketones is 1. The molecule has 14 heavy (non-hydrogen) atoms. The number of aromatic nitrogens is 1. The monoisotopic (exact) mass is 192 g/mol. The summed E-state index contributed by atoms with van der Waals surface area (Å²) in [6.45, 7) is 2.69. The van der Waals surface area contributed by atoms with E-state index in [0.29, 0.717) is 24.4 Å². The Morgan fingerprint density at radius 3 is 3.00 bits per heavy atom. The number of pyridine rings is 1. The third-order valence-electron chi connectivity index (χ3n) is 2.25. The lowest BCUT2D eigenvalue weighted by atomic mass is 10.0. The van der Waals surface area contributed by atoms with Gasteiger partial charge in [-0.3, -0.25) is 9.78 Å². The van der Waals surface area contributed by atoms with Crippen LogP contribution >= 0.6 is 0 Å². The zero-order chi connectivity index (χ0) is 10.4. The molecule has 0 spiro atoms. The lowest BCUT2D eigenvalue weighted by Gasteiger charge is -2.06. The Kier molecular flexibility index (Phi) is 4.26. The van der Waals surface area contributed by atoms with Crippen LogP contribution in [0.4, 0.5) is 0 Å². The first-order valence-corrected chi connectivity index (χ1v) is 4.87. The smallest absolute Gasteiger partial charge is 0.164 e. The number of Topliss-reactive ketones (excluding diaryl/α,β-unsaturated/α-hetero) is 1. The fourth-order valence-electron chi connectivity index (χ4n) is 1.17. The zero-order valence-corrected chi connectivity index (χ0v) is 8.44. The SMILES string of the molecule is CC(CN)CCC(=O)c1cccnc1. The van der Waals surface area contributed by atoms with Gasteiger partial charge in [-0.15, -0.1) is 0 Å². The molecule has 1 aromatic heterocycles. The van der Waals surface area contributed by atoms with Gasteiger partial charge in [0.25, 0.3) is 0 Å². The van der Waals surface area contributed by atoms with Crippen molar-refractivity contribution in [3.8, 4) is 0 Å². The van der Waals surface area contributed by atoms with Crippen LogP contribution in [-0.4, -0.2) is 17.3 Å². The Bertz CT molecular complexity index is 285. The van der Waals surface area contributed by atoms with Crippen LogP contribution in [0.5, 0.6) is 0 Å². The quantitative estimate of drug-likeness (QED) is 0.721. The van der Waals surface area contributed by atoms with Gasteiger partial charge in [0.2, 0.25) is 0 Å². The van der Waals surface area contributed by atoms with Crippen LogP contribution in [0.3, 0.4) is 0 Å². The molecule has 0 saturated heterocycles. The van der Waals surface area contributed by atoms with Crippen molar-refractivity contribution in [2.75, 3.05) is 6.54 Å². The molecule has 0 amide bonds. The first kappa shape index (κ1) is 10.9. The molecule has 0 aromatic carbocycles. The highest BCUT2D eigenvalue weighted by molar-refractivity contribution is 5.95. The van der Waals surface area contributed by atoms with Gasteiger partial charge in [0.15, 0.2) is 5.78 Å². The van der Waals surface area contributed by atoms with Crippen LogP contribution in [0, 0.1) is 5.92 Å². The molecule has 0 aliphatic carbocycles. The summed E-state index contributed by atoms with van der Waals surface area (Å²) >= 11 is 0. The van der Waals surface area contributed by atoms with Crippen LogP contribution in [0.15, 0.2) is 24.5 Å². The van der Waals surface area contributed by atoms with Gasteiger partial charge in [-0.05, 0) is 31.0 Å². The van der Waals surface area contributed by atoms with Crippen LogP contribution < -0.4 is 5.73 Å². The highest BCUT2D eigenvalue weighted by atomic mass is 16.1. The van der Waals surface area contributed by atoms with Crippen LogP contribution in [-0.2, 0) is 0 Å². The van der Waals surface area contributed by atoms with E-state index >= 15 is 0 Å². The van der Waals surface area contributed by atoms with Crippen LogP contribution in [0.2, 0.25) is 0 Å². The van der Waals surface area contributed by atoms with E-state index < -0.39 is 0 Å². The fraction of sp³-hybridized carbons (Fsp3) is 0.455. The van der Waals surface area contributed by atoms with E-state index in [4.69, 9.17) is 5.73 Å². The van der Waals surface area contributed by atoms with Crippen LogP contribution in [0.25, 0.3) is 0 Å². The molecule has 0 radical (unpaired) electrons.